The Bertz CT molecular complexity index is 347. The van der Waals surface area contributed by atoms with E-state index in [0.29, 0.717) is 0 Å². The molecule has 0 amide bonds. The molecule has 3 heteroatoms. The molecule has 0 spiro atoms. The van der Waals surface area contributed by atoms with Crippen LogP contribution in [-0.2, 0) is 5.54 Å². The minimum Gasteiger partial charge on any atom is -0.321 e. The van der Waals surface area contributed by atoms with Crippen LogP contribution in [0.2, 0.25) is 0 Å². The summed E-state index contributed by atoms with van der Waals surface area (Å²) in [5, 5.41) is 0. The number of hydrogen-bond donors (Lipinski definition) is 1. The standard InChI is InChI=1S/C11H14BrNS/c1-14-10-4-3-8(12)7-9(10)11(13)5-2-6-11/h3-4,7H,2,5-6,13H2,1H3. The molecule has 76 valence electrons. The van der Waals surface area contributed by atoms with Crippen LogP contribution in [0.4, 0.5) is 0 Å². The van der Waals surface area contributed by atoms with Gasteiger partial charge in [-0.15, -0.1) is 11.8 Å². The molecular weight excluding hydrogens is 258 g/mol. The van der Waals surface area contributed by atoms with E-state index in [-0.39, 0.29) is 5.54 Å². The second-order valence-corrected chi connectivity index (χ2v) is 5.62. The van der Waals surface area contributed by atoms with Crippen LogP contribution in [-0.4, -0.2) is 6.26 Å². The first-order valence-electron chi connectivity index (χ1n) is 4.79. The number of benzene rings is 1. The van der Waals surface area contributed by atoms with E-state index in [9.17, 15) is 0 Å². The lowest BCUT2D eigenvalue weighted by Crippen LogP contribution is -2.43. The number of halogens is 1. The van der Waals surface area contributed by atoms with Crippen molar-refractivity contribution in [1.29, 1.82) is 0 Å². The second kappa shape index (κ2) is 3.87. The summed E-state index contributed by atoms with van der Waals surface area (Å²) >= 11 is 5.29. The number of hydrogen-bond acceptors (Lipinski definition) is 2. The van der Waals surface area contributed by atoms with Gasteiger partial charge in [0.05, 0.1) is 0 Å². The molecule has 0 saturated heterocycles. The molecule has 0 bridgehead atoms. The van der Waals surface area contributed by atoms with E-state index in [2.05, 4.69) is 40.4 Å². The molecule has 0 radical (unpaired) electrons. The Balaban J connectivity index is 2.43. The summed E-state index contributed by atoms with van der Waals surface area (Å²) in [7, 11) is 0. The highest BCUT2D eigenvalue weighted by molar-refractivity contribution is 9.10. The number of rotatable bonds is 2. The van der Waals surface area contributed by atoms with E-state index in [4.69, 9.17) is 5.73 Å². The van der Waals surface area contributed by atoms with E-state index in [1.54, 1.807) is 11.8 Å². The minimum absolute atomic E-state index is 0.0534. The van der Waals surface area contributed by atoms with Gasteiger partial charge in [-0.25, -0.2) is 0 Å². The molecule has 0 heterocycles. The molecule has 1 nitrogen and oxygen atoms in total. The molecule has 1 aliphatic carbocycles. The molecule has 1 fully saturated rings. The third-order valence-corrected chi connectivity index (χ3v) is 4.23. The number of thioether (sulfide) groups is 1. The summed E-state index contributed by atoms with van der Waals surface area (Å²) in [6.45, 7) is 0. The van der Waals surface area contributed by atoms with E-state index in [1.165, 1.54) is 16.9 Å². The maximum absolute atomic E-state index is 6.34. The first kappa shape index (κ1) is 10.5. The van der Waals surface area contributed by atoms with Crippen molar-refractivity contribution < 1.29 is 0 Å². The third-order valence-electron chi connectivity index (χ3n) is 2.94. The lowest BCUT2D eigenvalue weighted by atomic mass is 9.73. The Morgan fingerprint density at radius 2 is 2.14 bits per heavy atom. The largest absolute Gasteiger partial charge is 0.321 e. The molecule has 1 saturated carbocycles. The Labute approximate surface area is 97.6 Å². The fraction of sp³-hybridized carbons (Fsp3) is 0.455. The molecule has 14 heavy (non-hydrogen) atoms. The van der Waals surface area contributed by atoms with Crippen LogP contribution in [0.3, 0.4) is 0 Å². The van der Waals surface area contributed by atoms with Gasteiger partial charge in [-0.1, -0.05) is 15.9 Å². The van der Waals surface area contributed by atoms with Crippen molar-refractivity contribution in [3.8, 4) is 0 Å². The van der Waals surface area contributed by atoms with Crippen LogP contribution in [0.1, 0.15) is 24.8 Å². The predicted molar refractivity (Wildman–Crippen MR) is 65.6 cm³/mol. The zero-order valence-corrected chi connectivity index (χ0v) is 10.6. The molecule has 1 aromatic carbocycles. The first-order valence-corrected chi connectivity index (χ1v) is 6.80. The van der Waals surface area contributed by atoms with Gasteiger partial charge in [0, 0.05) is 14.9 Å². The normalized spacial score (nSPS) is 19.1. The van der Waals surface area contributed by atoms with Gasteiger partial charge in [0.1, 0.15) is 0 Å². The summed E-state index contributed by atoms with van der Waals surface area (Å²) in [5.41, 5.74) is 7.59. The number of nitrogens with two attached hydrogens (primary N) is 1. The van der Waals surface area contributed by atoms with Crippen molar-refractivity contribution in [3.05, 3.63) is 28.2 Å². The minimum atomic E-state index is -0.0534. The SMILES string of the molecule is CSc1ccc(Br)cc1C1(N)CCC1. The predicted octanol–water partition coefficient (Wildman–Crippen LogP) is 3.51. The monoisotopic (exact) mass is 271 g/mol. The summed E-state index contributed by atoms with van der Waals surface area (Å²) in [6.07, 6.45) is 5.61. The molecule has 0 aromatic heterocycles. The Hall–Kier alpha value is 0.01000. The highest BCUT2D eigenvalue weighted by Gasteiger charge is 2.36. The lowest BCUT2D eigenvalue weighted by Gasteiger charge is -2.39. The molecule has 0 aliphatic heterocycles. The third kappa shape index (κ3) is 1.73. The van der Waals surface area contributed by atoms with Crippen molar-refractivity contribution in [2.75, 3.05) is 6.26 Å². The maximum Gasteiger partial charge on any atom is 0.0421 e. The molecular formula is C11H14BrNS. The van der Waals surface area contributed by atoms with Crippen molar-refractivity contribution in [2.24, 2.45) is 5.73 Å². The average molecular weight is 272 g/mol. The molecule has 2 rings (SSSR count). The molecule has 0 unspecified atom stereocenters. The fourth-order valence-electron chi connectivity index (χ4n) is 1.90. The summed E-state index contributed by atoms with van der Waals surface area (Å²) < 4.78 is 1.13. The first-order chi connectivity index (χ1) is 6.65. The summed E-state index contributed by atoms with van der Waals surface area (Å²) in [6, 6.07) is 6.40. The maximum atomic E-state index is 6.34. The van der Waals surface area contributed by atoms with Crippen molar-refractivity contribution in [2.45, 2.75) is 29.7 Å². The van der Waals surface area contributed by atoms with Gasteiger partial charge in [-0.2, -0.15) is 0 Å². The smallest absolute Gasteiger partial charge is 0.0421 e. The topological polar surface area (TPSA) is 26.0 Å². The molecule has 1 aliphatic rings. The second-order valence-electron chi connectivity index (χ2n) is 3.85. The van der Waals surface area contributed by atoms with Crippen LogP contribution in [0, 0.1) is 0 Å². The van der Waals surface area contributed by atoms with E-state index < -0.39 is 0 Å². The van der Waals surface area contributed by atoms with Gasteiger partial charge in [0.25, 0.3) is 0 Å². The highest BCUT2D eigenvalue weighted by Crippen LogP contribution is 2.43. The summed E-state index contributed by atoms with van der Waals surface area (Å²) in [5.74, 6) is 0. The average Bonchev–Trinajstić information content (AvgIpc) is 2.14. The molecule has 1 aromatic rings. The van der Waals surface area contributed by atoms with Crippen LogP contribution >= 0.6 is 27.7 Å². The van der Waals surface area contributed by atoms with Crippen LogP contribution in [0.15, 0.2) is 27.6 Å². The van der Waals surface area contributed by atoms with E-state index >= 15 is 0 Å². The molecule has 0 atom stereocenters. The van der Waals surface area contributed by atoms with Crippen LogP contribution in [0.5, 0.6) is 0 Å². The van der Waals surface area contributed by atoms with Gasteiger partial charge < -0.3 is 5.73 Å². The van der Waals surface area contributed by atoms with Gasteiger partial charge >= 0.3 is 0 Å². The zero-order valence-electron chi connectivity index (χ0n) is 8.22. The highest BCUT2D eigenvalue weighted by atomic mass is 79.9. The van der Waals surface area contributed by atoms with Crippen molar-refractivity contribution in [3.63, 3.8) is 0 Å². The Morgan fingerprint density at radius 3 is 2.64 bits per heavy atom. The quantitative estimate of drug-likeness (QED) is 0.834. The van der Waals surface area contributed by atoms with Gasteiger partial charge in [0.2, 0.25) is 0 Å². The van der Waals surface area contributed by atoms with Crippen molar-refractivity contribution in [1.82, 2.24) is 0 Å². The van der Waals surface area contributed by atoms with Gasteiger partial charge in [0.15, 0.2) is 0 Å². The van der Waals surface area contributed by atoms with E-state index in [1.807, 2.05) is 0 Å². The van der Waals surface area contributed by atoms with Gasteiger partial charge in [-0.3, -0.25) is 0 Å². The molecule has 2 N–H and O–H groups in total. The Kier molecular flexibility index (Phi) is 2.91. The van der Waals surface area contributed by atoms with Gasteiger partial charge in [-0.05, 0) is 49.3 Å². The van der Waals surface area contributed by atoms with E-state index in [0.717, 1.165) is 17.3 Å². The lowest BCUT2D eigenvalue weighted by molar-refractivity contribution is 0.249. The Morgan fingerprint density at radius 1 is 1.43 bits per heavy atom. The zero-order chi connectivity index (χ0) is 10.2. The summed E-state index contributed by atoms with van der Waals surface area (Å²) in [4.78, 5) is 1.32. The van der Waals surface area contributed by atoms with Crippen LogP contribution in [0.25, 0.3) is 0 Å². The fourth-order valence-corrected chi connectivity index (χ4v) is 2.94. The van der Waals surface area contributed by atoms with Crippen molar-refractivity contribution >= 4 is 27.7 Å². The van der Waals surface area contributed by atoms with Crippen LogP contribution < -0.4 is 5.73 Å².